The molecule has 2 aliphatic heterocycles. The molecule has 1 aromatic rings. The molecular formula is C23H34N2O. The van der Waals surface area contributed by atoms with Gasteiger partial charge in [-0.2, -0.15) is 0 Å². The highest BCUT2D eigenvalue weighted by atomic mass is 16.2. The van der Waals surface area contributed by atoms with E-state index in [0.717, 1.165) is 37.8 Å². The number of piperidine rings is 1. The quantitative estimate of drug-likeness (QED) is 0.798. The fraction of sp³-hybridized carbons (Fsp3) is 0.696. The number of rotatable bonds is 5. The highest BCUT2D eigenvalue weighted by molar-refractivity contribution is 5.79. The summed E-state index contributed by atoms with van der Waals surface area (Å²) in [7, 11) is 0. The summed E-state index contributed by atoms with van der Waals surface area (Å²) in [5.74, 6) is 2.43. The highest BCUT2D eigenvalue weighted by Gasteiger charge is 2.36. The smallest absolute Gasteiger partial charge is 0.225 e. The van der Waals surface area contributed by atoms with Crippen LogP contribution in [0.4, 0.5) is 0 Å². The fourth-order valence-electron chi connectivity index (χ4n) is 5.38. The van der Waals surface area contributed by atoms with Crippen LogP contribution in [0, 0.1) is 17.8 Å². The second-order valence-corrected chi connectivity index (χ2v) is 8.73. The SMILES string of the molecule is O=C(C1CCCC1)N1CCC(C2CCN(CCc3ccccc3)CC2)C1. The summed E-state index contributed by atoms with van der Waals surface area (Å²) in [4.78, 5) is 17.5. The summed E-state index contributed by atoms with van der Waals surface area (Å²) >= 11 is 0. The van der Waals surface area contributed by atoms with Gasteiger partial charge in [-0.25, -0.2) is 0 Å². The van der Waals surface area contributed by atoms with E-state index in [1.165, 1.54) is 63.7 Å². The summed E-state index contributed by atoms with van der Waals surface area (Å²) < 4.78 is 0. The minimum absolute atomic E-state index is 0.355. The van der Waals surface area contributed by atoms with E-state index in [1.807, 2.05) is 0 Å². The van der Waals surface area contributed by atoms with E-state index >= 15 is 0 Å². The monoisotopic (exact) mass is 354 g/mol. The Bertz CT molecular complexity index is 573. The van der Waals surface area contributed by atoms with Gasteiger partial charge in [0.15, 0.2) is 0 Å². The molecule has 1 amide bonds. The molecule has 0 bridgehead atoms. The number of nitrogens with zero attached hydrogens (tertiary/aromatic N) is 2. The van der Waals surface area contributed by atoms with Crippen molar-refractivity contribution < 1.29 is 4.79 Å². The van der Waals surface area contributed by atoms with Crippen molar-refractivity contribution in [2.75, 3.05) is 32.7 Å². The van der Waals surface area contributed by atoms with Crippen molar-refractivity contribution in [1.82, 2.24) is 9.80 Å². The Morgan fingerprint density at radius 1 is 0.885 bits per heavy atom. The first-order valence-corrected chi connectivity index (χ1v) is 10.8. The van der Waals surface area contributed by atoms with Crippen molar-refractivity contribution in [2.45, 2.75) is 51.4 Å². The zero-order valence-corrected chi connectivity index (χ0v) is 16.1. The van der Waals surface area contributed by atoms with Crippen LogP contribution in [-0.2, 0) is 11.2 Å². The maximum Gasteiger partial charge on any atom is 0.225 e. The van der Waals surface area contributed by atoms with E-state index < -0.39 is 0 Å². The van der Waals surface area contributed by atoms with Gasteiger partial charge in [-0.3, -0.25) is 4.79 Å². The highest BCUT2D eigenvalue weighted by Crippen LogP contribution is 2.34. The molecule has 0 aromatic heterocycles. The van der Waals surface area contributed by atoms with Gasteiger partial charge in [-0.15, -0.1) is 0 Å². The Kier molecular flexibility index (Phi) is 5.94. The predicted octanol–water partition coefficient (Wildman–Crippen LogP) is 3.98. The van der Waals surface area contributed by atoms with Crippen LogP contribution in [0.3, 0.4) is 0 Å². The molecule has 0 radical (unpaired) electrons. The minimum Gasteiger partial charge on any atom is -0.342 e. The maximum absolute atomic E-state index is 12.7. The average molecular weight is 355 g/mol. The number of hydrogen-bond acceptors (Lipinski definition) is 2. The molecular weight excluding hydrogens is 320 g/mol. The van der Waals surface area contributed by atoms with Gasteiger partial charge >= 0.3 is 0 Å². The van der Waals surface area contributed by atoms with Crippen LogP contribution >= 0.6 is 0 Å². The average Bonchev–Trinajstić information content (AvgIpc) is 3.39. The van der Waals surface area contributed by atoms with E-state index in [0.29, 0.717) is 11.8 Å². The zero-order valence-electron chi connectivity index (χ0n) is 16.1. The van der Waals surface area contributed by atoms with Gasteiger partial charge in [-0.05, 0) is 69.0 Å². The van der Waals surface area contributed by atoms with E-state index in [1.54, 1.807) is 0 Å². The summed E-state index contributed by atoms with van der Waals surface area (Å²) in [5.41, 5.74) is 1.45. The molecule has 3 aliphatic rings. The van der Waals surface area contributed by atoms with Crippen LogP contribution in [0.25, 0.3) is 0 Å². The molecule has 3 heteroatoms. The third kappa shape index (κ3) is 4.31. The van der Waals surface area contributed by atoms with Gasteiger partial charge in [0, 0.05) is 25.6 Å². The van der Waals surface area contributed by atoms with Crippen molar-refractivity contribution in [3.63, 3.8) is 0 Å². The molecule has 3 fully saturated rings. The van der Waals surface area contributed by atoms with Crippen molar-refractivity contribution in [1.29, 1.82) is 0 Å². The Morgan fingerprint density at radius 2 is 1.58 bits per heavy atom. The molecule has 26 heavy (non-hydrogen) atoms. The van der Waals surface area contributed by atoms with Gasteiger partial charge in [0.2, 0.25) is 5.91 Å². The molecule has 1 aliphatic carbocycles. The number of carbonyl (C=O) groups excluding carboxylic acids is 1. The van der Waals surface area contributed by atoms with Gasteiger partial charge in [0.1, 0.15) is 0 Å². The molecule has 1 aromatic carbocycles. The Hall–Kier alpha value is -1.35. The molecule has 0 N–H and O–H groups in total. The van der Waals surface area contributed by atoms with E-state index in [2.05, 4.69) is 40.1 Å². The summed E-state index contributed by atoms with van der Waals surface area (Å²) in [5, 5.41) is 0. The normalized spacial score (nSPS) is 25.8. The third-order valence-electron chi connectivity index (χ3n) is 7.10. The second-order valence-electron chi connectivity index (χ2n) is 8.73. The third-order valence-corrected chi connectivity index (χ3v) is 7.10. The number of likely N-dealkylation sites (tertiary alicyclic amines) is 2. The zero-order chi connectivity index (χ0) is 17.8. The predicted molar refractivity (Wildman–Crippen MR) is 106 cm³/mol. The van der Waals surface area contributed by atoms with E-state index in [4.69, 9.17) is 0 Å². The van der Waals surface area contributed by atoms with E-state index in [-0.39, 0.29) is 0 Å². The van der Waals surface area contributed by atoms with E-state index in [9.17, 15) is 4.79 Å². The molecule has 1 unspecified atom stereocenters. The van der Waals surface area contributed by atoms with Crippen LogP contribution in [0.2, 0.25) is 0 Å². The lowest BCUT2D eigenvalue weighted by Crippen LogP contribution is -2.38. The lowest BCUT2D eigenvalue weighted by Gasteiger charge is -2.35. The largest absolute Gasteiger partial charge is 0.342 e. The molecule has 4 rings (SSSR count). The van der Waals surface area contributed by atoms with Crippen molar-refractivity contribution >= 4 is 5.91 Å². The van der Waals surface area contributed by atoms with Crippen LogP contribution in [0.1, 0.15) is 50.5 Å². The van der Waals surface area contributed by atoms with Crippen molar-refractivity contribution in [2.24, 2.45) is 17.8 Å². The fourth-order valence-corrected chi connectivity index (χ4v) is 5.38. The lowest BCUT2D eigenvalue weighted by atomic mass is 9.83. The molecule has 142 valence electrons. The standard InChI is InChI=1S/C23H34N2O/c26-23(21-8-4-5-9-21)25-17-13-22(18-25)20-11-15-24(16-12-20)14-10-19-6-2-1-3-7-19/h1-3,6-7,20-22H,4-5,8-18H2. The molecule has 2 saturated heterocycles. The lowest BCUT2D eigenvalue weighted by molar-refractivity contribution is -0.134. The summed E-state index contributed by atoms with van der Waals surface area (Å²) in [6.07, 6.45) is 9.85. The van der Waals surface area contributed by atoms with Crippen LogP contribution < -0.4 is 0 Å². The number of hydrogen-bond donors (Lipinski definition) is 0. The summed E-state index contributed by atoms with van der Waals surface area (Å²) in [6, 6.07) is 10.8. The van der Waals surface area contributed by atoms with Gasteiger partial charge < -0.3 is 9.80 Å². The first-order chi connectivity index (χ1) is 12.8. The van der Waals surface area contributed by atoms with Gasteiger partial charge in [-0.1, -0.05) is 43.2 Å². The molecule has 2 heterocycles. The number of carbonyl (C=O) groups is 1. The Balaban J connectivity index is 1.19. The van der Waals surface area contributed by atoms with Crippen molar-refractivity contribution in [3.8, 4) is 0 Å². The first-order valence-electron chi connectivity index (χ1n) is 10.8. The maximum atomic E-state index is 12.7. The van der Waals surface area contributed by atoms with Crippen LogP contribution in [0.5, 0.6) is 0 Å². The Labute approximate surface area is 158 Å². The minimum atomic E-state index is 0.355. The first kappa shape index (κ1) is 18.0. The molecule has 1 saturated carbocycles. The Morgan fingerprint density at radius 3 is 2.31 bits per heavy atom. The van der Waals surface area contributed by atoms with Crippen molar-refractivity contribution in [3.05, 3.63) is 35.9 Å². The summed E-state index contributed by atoms with van der Waals surface area (Å²) in [6.45, 7) is 5.74. The van der Waals surface area contributed by atoms with Gasteiger partial charge in [0.25, 0.3) is 0 Å². The second kappa shape index (κ2) is 8.56. The topological polar surface area (TPSA) is 23.6 Å². The van der Waals surface area contributed by atoms with Gasteiger partial charge in [0.05, 0.1) is 0 Å². The molecule has 3 nitrogen and oxygen atoms in total. The van der Waals surface area contributed by atoms with Crippen LogP contribution in [0.15, 0.2) is 30.3 Å². The number of amides is 1. The van der Waals surface area contributed by atoms with Crippen LogP contribution in [-0.4, -0.2) is 48.4 Å². The molecule has 0 spiro atoms. The molecule has 1 atom stereocenters. The number of benzene rings is 1.